The van der Waals surface area contributed by atoms with Gasteiger partial charge in [-0.1, -0.05) is 32.6 Å². The van der Waals surface area contributed by atoms with E-state index in [0.29, 0.717) is 6.54 Å². The second-order valence-corrected chi connectivity index (χ2v) is 3.90. The summed E-state index contributed by atoms with van der Waals surface area (Å²) in [6, 6.07) is 0. The van der Waals surface area contributed by atoms with E-state index in [2.05, 4.69) is 12.2 Å². The Labute approximate surface area is 96.5 Å². The van der Waals surface area contributed by atoms with Gasteiger partial charge in [-0.3, -0.25) is 4.79 Å². The first-order valence-corrected chi connectivity index (χ1v) is 5.88. The van der Waals surface area contributed by atoms with Crippen LogP contribution in [0, 0.1) is 0 Å². The van der Waals surface area contributed by atoms with Crippen molar-refractivity contribution < 1.29 is 20.1 Å². The molecule has 0 saturated carbocycles. The van der Waals surface area contributed by atoms with Crippen LogP contribution in [0.4, 0.5) is 0 Å². The molecule has 0 aliphatic heterocycles. The van der Waals surface area contributed by atoms with Crippen LogP contribution in [-0.2, 0) is 4.79 Å². The second-order valence-electron chi connectivity index (χ2n) is 3.90. The van der Waals surface area contributed by atoms with Crippen LogP contribution < -0.4 is 5.32 Å². The van der Waals surface area contributed by atoms with Crippen molar-refractivity contribution in [3.05, 3.63) is 0 Å². The van der Waals surface area contributed by atoms with Crippen molar-refractivity contribution in [2.45, 2.75) is 51.2 Å². The topological polar surface area (TPSA) is 89.8 Å². The van der Waals surface area contributed by atoms with Crippen LogP contribution in [0.3, 0.4) is 0 Å². The summed E-state index contributed by atoms with van der Waals surface area (Å²) in [5, 5.41) is 29.3. The number of nitrogens with one attached hydrogen (secondary N) is 1. The number of carbonyl (C=O) groups excluding carboxylic acids is 1. The summed E-state index contributed by atoms with van der Waals surface area (Å²) in [6.45, 7) is 2.01. The summed E-state index contributed by atoms with van der Waals surface area (Å²) in [5.74, 6) is -0.628. The number of amides is 1. The van der Waals surface area contributed by atoms with E-state index in [9.17, 15) is 9.90 Å². The molecule has 4 N–H and O–H groups in total. The van der Waals surface area contributed by atoms with E-state index in [4.69, 9.17) is 10.2 Å². The first-order valence-electron chi connectivity index (χ1n) is 5.88. The molecule has 2 atom stereocenters. The fourth-order valence-corrected chi connectivity index (χ4v) is 1.32. The summed E-state index contributed by atoms with van der Waals surface area (Å²) in [7, 11) is 0. The number of hydrogen-bond acceptors (Lipinski definition) is 4. The summed E-state index contributed by atoms with van der Waals surface area (Å²) in [6.07, 6.45) is 2.49. The molecule has 0 rings (SSSR count). The lowest BCUT2D eigenvalue weighted by atomic mass is 10.1. The summed E-state index contributed by atoms with van der Waals surface area (Å²) in [4.78, 5) is 11.2. The van der Waals surface area contributed by atoms with Crippen LogP contribution in [-0.4, -0.2) is 46.6 Å². The molecule has 1 amide bonds. The number of aliphatic hydroxyl groups is 3. The lowest BCUT2D eigenvalue weighted by molar-refractivity contribution is -0.136. The van der Waals surface area contributed by atoms with Gasteiger partial charge in [0.1, 0.15) is 6.10 Å². The van der Waals surface area contributed by atoms with Gasteiger partial charge in [-0.2, -0.15) is 0 Å². The molecular weight excluding hydrogens is 210 g/mol. The van der Waals surface area contributed by atoms with E-state index < -0.39 is 24.7 Å². The van der Waals surface area contributed by atoms with Crippen molar-refractivity contribution in [2.24, 2.45) is 0 Å². The van der Waals surface area contributed by atoms with Crippen LogP contribution in [0.25, 0.3) is 0 Å². The molecule has 0 radical (unpaired) electrons. The third-order valence-electron chi connectivity index (χ3n) is 2.40. The minimum absolute atomic E-state index is 0.498. The van der Waals surface area contributed by atoms with Crippen LogP contribution in [0.1, 0.15) is 39.0 Å². The summed E-state index contributed by atoms with van der Waals surface area (Å²) in [5.41, 5.74) is 0. The molecule has 0 aliphatic rings. The molecule has 0 bridgehead atoms. The predicted octanol–water partition coefficient (Wildman–Crippen LogP) is -0.213. The average Bonchev–Trinajstić information content (AvgIpc) is 2.31. The third-order valence-corrected chi connectivity index (χ3v) is 2.40. The first-order chi connectivity index (χ1) is 7.63. The highest BCUT2D eigenvalue weighted by atomic mass is 16.4. The molecule has 0 unspecified atom stereocenters. The smallest absolute Gasteiger partial charge is 0.251 e. The summed E-state index contributed by atoms with van der Waals surface area (Å²) < 4.78 is 0. The van der Waals surface area contributed by atoms with Gasteiger partial charge < -0.3 is 20.6 Å². The number of hydrogen-bond donors (Lipinski definition) is 4. The number of carbonyl (C=O) groups is 1. The Kier molecular flexibility index (Phi) is 9.18. The largest absolute Gasteiger partial charge is 0.394 e. The van der Waals surface area contributed by atoms with Gasteiger partial charge in [-0.05, 0) is 6.42 Å². The highest BCUT2D eigenvalue weighted by molar-refractivity contribution is 5.81. The molecule has 5 nitrogen and oxygen atoms in total. The fourth-order valence-electron chi connectivity index (χ4n) is 1.32. The molecule has 16 heavy (non-hydrogen) atoms. The van der Waals surface area contributed by atoms with Crippen LogP contribution in [0.15, 0.2) is 0 Å². The van der Waals surface area contributed by atoms with Crippen LogP contribution in [0.2, 0.25) is 0 Å². The van der Waals surface area contributed by atoms with E-state index in [0.717, 1.165) is 19.3 Å². The molecule has 0 fully saturated rings. The minimum atomic E-state index is -1.54. The molecule has 5 heteroatoms. The standard InChI is InChI=1S/C11H23NO4/c1-2-3-4-5-6-7-12-11(16)10(15)9(14)8-13/h9-10,13-15H,2-8H2,1H3,(H,12,16)/t9-,10-/m1/s1. The average molecular weight is 233 g/mol. The number of rotatable bonds is 9. The lowest BCUT2D eigenvalue weighted by Gasteiger charge is -2.15. The minimum Gasteiger partial charge on any atom is -0.394 e. The molecule has 0 saturated heterocycles. The van der Waals surface area contributed by atoms with E-state index in [1.54, 1.807) is 0 Å². The molecular formula is C11H23NO4. The molecule has 0 aliphatic carbocycles. The lowest BCUT2D eigenvalue weighted by Crippen LogP contribution is -2.43. The molecule has 0 heterocycles. The molecule has 96 valence electrons. The van der Waals surface area contributed by atoms with Crippen LogP contribution in [0.5, 0.6) is 0 Å². The quantitative estimate of drug-likeness (QED) is 0.415. The van der Waals surface area contributed by atoms with Crippen molar-refractivity contribution in [3.63, 3.8) is 0 Å². The molecule has 0 aromatic rings. The van der Waals surface area contributed by atoms with Gasteiger partial charge in [-0.25, -0.2) is 0 Å². The third kappa shape index (κ3) is 6.76. The predicted molar refractivity (Wildman–Crippen MR) is 60.9 cm³/mol. The molecule has 0 aromatic heterocycles. The Bertz CT molecular complexity index is 187. The van der Waals surface area contributed by atoms with Gasteiger partial charge in [0.25, 0.3) is 5.91 Å². The van der Waals surface area contributed by atoms with E-state index in [-0.39, 0.29) is 0 Å². The Morgan fingerprint density at radius 1 is 1.19 bits per heavy atom. The maximum absolute atomic E-state index is 11.2. The van der Waals surface area contributed by atoms with Crippen molar-refractivity contribution in [1.82, 2.24) is 5.32 Å². The zero-order valence-electron chi connectivity index (χ0n) is 9.85. The number of aliphatic hydroxyl groups excluding tert-OH is 3. The Morgan fingerprint density at radius 2 is 1.81 bits per heavy atom. The van der Waals surface area contributed by atoms with E-state index in [1.807, 2.05) is 0 Å². The van der Waals surface area contributed by atoms with Crippen molar-refractivity contribution in [2.75, 3.05) is 13.2 Å². The van der Waals surface area contributed by atoms with Crippen molar-refractivity contribution in [1.29, 1.82) is 0 Å². The maximum Gasteiger partial charge on any atom is 0.251 e. The zero-order chi connectivity index (χ0) is 12.4. The van der Waals surface area contributed by atoms with Gasteiger partial charge in [0.2, 0.25) is 0 Å². The second kappa shape index (κ2) is 9.57. The molecule has 0 spiro atoms. The monoisotopic (exact) mass is 233 g/mol. The van der Waals surface area contributed by atoms with E-state index >= 15 is 0 Å². The van der Waals surface area contributed by atoms with Crippen LogP contribution >= 0.6 is 0 Å². The fraction of sp³-hybridized carbons (Fsp3) is 0.909. The van der Waals surface area contributed by atoms with Crippen molar-refractivity contribution >= 4 is 5.91 Å². The Morgan fingerprint density at radius 3 is 2.38 bits per heavy atom. The highest BCUT2D eigenvalue weighted by Crippen LogP contribution is 2.01. The van der Waals surface area contributed by atoms with E-state index in [1.165, 1.54) is 12.8 Å². The van der Waals surface area contributed by atoms with Crippen molar-refractivity contribution in [3.8, 4) is 0 Å². The van der Waals surface area contributed by atoms with Gasteiger partial charge in [-0.15, -0.1) is 0 Å². The highest BCUT2D eigenvalue weighted by Gasteiger charge is 2.22. The maximum atomic E-state index is 11.2. The van der Waals surface area contributed by atoms with Gasteiger partial charge in [0.05, 0.1) is 6.61 Å². The van der Waals surface area contributed by atoms with Gasteiger partial charge >= 0.3 is 0 Å². The normalized spacial score (nSPS) is 14.5. The number of unbranched alkanes of at least 4 members (excludes halogenated alkanes) is 4. The van der Waals surface area contributed by atoms with Gasteiger partial charge in [0.15, 0.2) is 6.10 Å². The Hall–Kier alpha value is -0.650. The SMILES string of the molecule is CCCCCCCNC(=O)[C@H](O)[C@H](O)CO. The summed E-state index contributed by atoms with van der Waals surface area (Å²) >= 11 is 0. The zero-order valence-corrected chi connectivity index (χ0v) is 9.85. The first kappa shape index (κ1) is 15.3. The molecule has 0 aromatic carbocycles. The van der Waals surface area contributed by atoms with Gasteiger partial charge in [0, 0.05) is 6.54 Å². The Balaban J connectivity index is 3.50.